The molecule has 1 N–H and O–H groups in total. The lowest BCUT2D eigenvalue weighted by molar-refractivity contribution is -0.111. The molecule has 1 aromatic carbocycles. The smallest absolute Gasteiger partial charge is 0.410 e. The van der Waals surface area contributed by atoms with Crippen LogP contribution in [0, 0.1) is 5.82 Å². The molecule has 3 heterocycles. The molecule has 162 valence electrons. The first-order valence-electron chi connectivity index (χ1n) is 9.77. The van der Waals surface area contributed by atoms with Crippen LogP contribution in [-0.4, -0.2) is 34.0 Å². The number of ether oxygens (including phenoxy) is 1. The van der Waals surface area contributed by atoms with Crippen LogP contribution in [0.15, 0.2) is 30.9 Å². The van der Waals surface area contributed by atoms with Gasteiger partial charge in [-0.25, -0.2) is 14.2 Å². The van der Waals surface area contributed by atoms with E-state index in [2.05, 4.69) is 16.9 Å². The largest absolute Gasteiger partial charge is 0.444 e. The number of halogens is 1. The summed E-state index contributed by atoms with van der Waals surface area (Å²) in [6.45, 7) is 9.92. The van der Waals surface area contributed by atoms with Crippen molar-refractivity contribution >= 4 is 49.9 Å². The number of carbonyl (C=O) groups is 2. The first kappa shape index (κ1) is 21.5. The first-order chi connectivity index (χ1) is 14.6. The third-order valence-corrected chi connectivity index (χ3v) is 6.88. The van der Waals surface area contributed by atoms with Crippen LogP contribution in [0.25, 0.3) is 20.8 Å². The Balaban J connectivity index is 1.74. The molecule has 9 heteroatoms. The lowest BCUT2D eigenvalue weighted by Crippen LogP contribution is -2.39. The van der Waals surface area contributed by atoms with Crippen molar-refractivity contribution in [2.24, 2.45) is 0 Å². The van der Waals surface area contributed by atoms with Crippen molar-refractivity contribution in [3.63, 3.8) is 0 Å². The van der Waals surface area contributed by atoms with Gasteiger partial charge in [0.05, 0.1) is 16.8 Å². The van der Waals surface area contributed by atoms with E-state index in [0.29, 0.717) is 35.0 Å². The summed E-state index contributed by atoms with van der Waals surface area (Å²) in [5.74, 6) is -0.666. The van der Waals surface area contributed by atoms with Gasteiger partial charge in [0.1, 0.15) is 21.4 Å². The second kappa shape index (κ2) is 8.05. The third-order valence-electron chi connectivity index (χ3n) is 4.69. The summed E-state index contributed by atoms with van der Waals surface area (Å²) in [6.07, 6.45) is 1.46. The van der Waals surface area contributed by atoms with Gasteiger partial charge in [-0.05, 0) is 51.0 Å². The predicted octanol–water partition coefficient (Wildman–Crippen LogP) is 5.58. The maximum absolute atomic E-state index is 13.6. The van der Waals surface area contributed by atoms with Gasteiger partial charge in [0.15, 0.2) is 0 Å². The fourth-order valence-corrected chi connectivity index (χ4v) is 5.73. The Kier molecular flexibility index (Phi) is 5.57. The van der Waals surface area contributed by atoms with Crippen LogP contribution < -0.4 is 5.32 Å². The Morgan fingerprint density at radius 1 is 1.32 bits per heavy atom. The average Bonchev–Trinajstić information content (AvgIpc) is 3.25. The highest BCUT2D eigenvalue weighted by molar-refractivity contribution is 7.23. The fourth-order valence-electron chi connectivity index (χ4n) is 3.37. The van der Waals surface area contributed by atoms with E-state index in [1.807, 2.05) is 20.8 Å². The average molecular weight is 460 g/mol. The lowest BCUT2D eigenvalue weighted by atomic mass is 10.0. The molecule has 0 saturated heterocycles. The van der Waals surface area contributed by atoms with Gasteiger partial charge in [-0.3, -0.25) is 4.79 Å². The molecule has 1 aliphatic rings. The summed E-state index contributed by atoms with van der Waals surface area (Å²) in [5.41, 5.74) is 1.88. The number of amides is 2. The summed E-state index contributed by atoms with van der Waals surface area (Å²) in [7, 11) is 0. The predicted molar refractivity (Wildman–Crippen MR) is 122 cm³/mol. The number of carbonyl (C=O) groups excluding carboxylic acids is 2. The third kappa shape index (κ3) is 4.47. The Hall–Kier alpha value is -2.78. The summed E-state index contributed by atoms with van der Waals surface area (Å²) in [6, 6.07) is 4.52. The van der Waals surface area contributed by atoms with Crippen molar-refractivity contribution in [2.45, 2.75) is 39.3 Å². The van der Waals surface area contributed by atoms with Gasteiger partial charge in [-0.1, -0.05) is 6.58 Å². The van der Waals surface area contributed by atoms with Gasteiger partial charge in [-0.2, -0.15) is 0 Å². The zero-order valence-corrected chi connectivity index (χ0v) is 19.1. The molecule has 31 heavy (non-hydrogen) atoms. The van der Waals surface area contributed by atoms with E-state index in [1.54, 1.807) is 11.0 Å². The van der Waals surface area contributed by atoms with Crippen LogP contribution >= 0.6 is 22.7 Å². The molecule has 0 radical (unpaired) electrons. The number of aromatic nitrogens is 1. The summed E-state index contributed by atoms with van der Waals surface area (Å²) < 4.78 is 20.0. The molecule has 1 aliphatic heterocycles. The number of nitrogens with one attached hydrogen (secondary N) is 1. The van der Waals surface area contributed by atoms with E-state index in [4.69, 9.17) is 4.74 Å². The van der Waals surface area contributed by atoms with Gasteiger partial charge >= 0.3 is 6.09 Å². The molecule has 2 amide bonds. The topological polar surface area (TPSA) is 71.5 Å². The minimum absolute atomic E-state index is 0.323. The van der Waals surface area contributed by atoms with Crippen molar-refractivity contribution < 1.29 is 18.7 Å². The van der Waals surface area contributed by atoms with Crippen LogP contribution in [0.3, 0.4) is 0 Å². The Bertz CT molecular complexity index is 1190. The minimum atomic E-state index is -0.572. The van der Waals surface area contributed by atoms with Crippen LogP contribution in [0.4, 0.5) is 14.2 Å². The molecule has 0 fully saturated rings. The normalized spacial score (nSPS) is 13.7. The molecular formula is C22H22FN3O3S2. The van der Waals surface area contributed by atoms with E-state index in [0.717, 1.165) is 20.7 Å². The number of hydrogen-bond donors (Lipinski definition) is 1. The summed E-state index contributed by atoms with van der Waals surface area (Å²) in [5, 5.41) is 4.24. The molecule has 0 aliphatic carbocycles. The second-order valence-corrected chi connectivity index (χ2v) is 10.3. The number of benzene rings is 1. The van der Waals surface area contributed by atoms with Crippen LogP contribution in [0.5, 0.6) is 0 Å². The van der Waals surface area contributed by atoms with E-state index < -0.39 is 5.60 Å². The number of thiazole rings is 1. The molecule has 3 aromatic rings. The standard InChI is InChI=1S/C22H22FN3O3S2/c1-5-17(27)25-20-18(19-24-14-10-12(23)6-7-15(14)30-19)13-8-9-26(11-16(13)31-20)21(28)29-22(2,3)4/h5-7,10H,1,8-9,11H2,2-4H3,(H,25,27). The van der Waals surface area contributed by atoms with Gasteiger partial charge in [-0.15, -0.1) is 22.7 Å². The summed E-state index contributed by atoms with van der Waals surface area (Å²) in [4.78, 5) is 31.8. The molecule has 4 rings (SSSR count). The van der Waals surface area contributed by atoms with Crippen molar-refractivity contribution in [3.05, 3.63) is 47.1 Å². The Morgan fingerprint density at radius 3 is 2.81 bits per heavy atom. The number of fused-ring (bicyclic) bond motifs is 2. The fraction of sp³-hybridized carbons (Fsp3) is 0.318. The summed E-state index contributed by atoms with van der Waals surface area (Å²) >= 11 is 2.86. The number of hydrogen-bond acceptors (Lipinski definition) is 6. The molecule has 0 spiro atoms. The quantitative estimate of drug-likeness (QED) is 0.519. The van der Waals surface area contributed by atoms with Crippen molar-refractivity contribution in [3.8, 4) is 10.6 Å². The zero-order valence-electron chi connectivity index (χ0n) is 17.5. The van der Waals surface area contributed by atoms with Crippen molar-refractivity contribution in [2.75, 3.05) is 11.9 Å². The minimum Gasteiger partial charge on any atom is -0.444 e. The highest BCUT2D eigenvalue weighted by Gasteiger charge is 2.31. The molecule has 6 nitrogen and oxygen atoms in total. The van der Waals surface area contributed by atoms with Gasteiger partial charge in [0.25, 0.3) is 0 Å². The molecule has 0 unspecified atom stereocenters. The van der Waals surface area contributed by atoms with Crippen LogP contribution in [-0.2, 0) is 22.5 Å². The monoisotopic (exact) mass is 459 g/mol. The molecule has 0 atom stereocenters. The SMILES string of the molecule is C=CC(=O)Nc1sc2c(c1-c1nc3cc(F)ccc3s1)CCN(C(=O)OC(C)(C)C)C2. The van der Waals surface area contributed by atoms with E-state index >= 15 is 0 Å². The molecule has 0 bridgehead atoms. The Morgan fingerprint density at radius 2 is 2.10 bits per heavy atom. The maximum Gasteiger partial charge on any atom is 0.410 e. The van der Waals surface area contributed by atoms with E-state index in [9.17, 15) is 14.0 Å². The Labute approximate surface area is 187 Å². The van der Waals surface area contributed by atoms with E-state index in [-0.39, 0.29) is 17.8 Å². The van der Waals surface area contributed by atoms with Crippen LogP contribution in [0.1, 0.15) is 31.2 Å². The molecular weight excluding hydrogens is 437 g/mol. The molecule has 2 aromatic heterocycles. The highest BCUT2D eigenvalue weighted by atomic mass is 32.1. The first-order valence-corrected chi connectivity index (χ1v) is 11.4. The van der Waals surface area contributed by atoms with Crippen molar-refractivity contribution in [1.82, 2.24) is 9.88 Å². The molecule has 0 saturated carbocycles. The maximum atomic E-state index is 13.6. The number of rotatable bonds is 3. The highest BCUT2D eigenvalue weighted by Crippen LogP contribution is 2.45. The zero-order chi connectivity index (χ0) is 22.3. The van der Waals surface area contributed by atoms with Gasteiger partial charge in [0.2, 0.25) is 5.91 Å². The number of nitrogens with zero attached hydrogens (tertiary/aromatic N) is 2. The van der Waals surface area contributed by atoms with Gasteiger partial charge < -0.3 is 15.0 Å². The van der Waals surface area contributed by atoms with Crippen molar-refractivity contribution in [1.29, 1.82) is 0 Å². The van der Waals surface area contributed by atoms with Gasteiger partial charge in [0, 0.05) is 23.1 Å². The van der Waals surface area contributed by atoms with E-state index in [1.165, 1.54) is 40.9 Å². The second-order valence-electron chi connectivity index (χ2n) is 8.18. The lowest BCUT2D eigenvalue weighted by Gasteiger charge is -2.30. The number of thiophene rings is 1. The van der Waals surface area contributed by atoms with Crippen LogP contribution in [0.2, 0.25) is 0 Å². The number of anilines is 1.